The lowest BCUT2D eigenvalue weighted by atomic mass is 10.0. The summed E-state index contributed by atoms with van der Waals surface area (Å²) in [6.07, 6.45) is 0. The van der Waals surface area contributed by atoms with Gasteiger partial charge in [0.15, 0.2) is 0 Å². The van der Waals surface area contributed by atoms with Crippen molar-refractivity contribution in [3.63, 3.8) is 0 Å². The van der Waals surface area contributed by atoms with Crippen LogP contribution in [0.5, 0.6) is 0 Å². The van der Waals surface area contributed by atoms with Crippen LogP contribution in [0.15, 0.2) is 101 Å². The highest BCUT2D eigenvalue weighted by molar-refractivity contribution is 7.99. The molecule has 0 aromatic heterocycles. The van der Waals surface area contributed by atoms with Crippen molar-refractivity contribution in [2.24, 2.45) is 0 Å². The van der Waals surface area contributed by atoms with E-state index in [2.05, 4.69) is 5.32 Å². The summed E-state index contributed by atoms with van der Waals surface area (Å²) in [5.74, 6) is -0.855. The Morgan fingerprint density at radius 3 is 2.02 bits per heavy atom. The van der Waals surface area contributed by atoms with E-state index in [1.54, 1.807) is 36.4 Å². The van der Waals surface area contributed by atoms with Crippen LogP contribution in [0.3, 0.4) is 0 Å². The van der Waals surface area contributed by atoms with Crippen molar-refractivity contribution in [1.29, 1.82) is 0 Å². The Labute approximate surface area is 237 Å². The molecule has 4 aromatic carbocycles. The van der Waals surface area contributed by atoms with E-state index in [0.717, 1.165) is 17.0 Å². The molecule has 11 nitrogen and oxygen atoms in total. The summed E-state index contributed by atoms with van der Waals surface area (Å²) < 4.78 is 40.8. The smallest absolute Gasteiger partial charge is 0.293 e. The second-order valence-electron chi connectivity index (χ2n) is 8.48. The van der Waals surface area contributed by atoms with Crippen LogP contribution in [-0.4, -0.2) is 36.5 Å². The van der Waals surface area contributed by atoms with Gasteiger partial charge in [0.2, 0.25) is 0 Å². The van der Waals surface area contributed by atoms with Gasteiger partial charge in [-0.1, -0.05) is 24.3 Å². The highest BCUT2D eigenvalue weighted by Crippen LogP contribution is 2.28. The Morgan fingerprint density at radius 2 is 1.44 bits per heavy atom. The number of thioether (sulfide) groups is 1. The van der Waals surface area contributed by atoms with E-state index in [1.165, 1.54) is 54.2 Å². The van der Waals surface area contributed by atoms with Crippen LogP contribution in [0.25, 0.3) is 11.1 Å². The van der Waals surface area contributed by atoms with Crippen LogP contribution in [-0.2, 0) is 10.0 Å². The largest absolute Gasteiger partial charge is 0.379 e. The zero-order valence-corrected chi connectivity index (χ0v) is 22.7. The molecule has 4 rings (SSSR count). The van der Waals surface area contributed by atoms with E-state index in [4.69, 9.17) is 0 Å². The molecule has 210 valence electrons. The van der Waals surface area contributed by atoms with Crippen molar-refractivity contribution < 1.29 is 27.4 Å². The standard InChI is InChI=1S/C27H21FN4O7S2/c28-21-7-5-19(6-8-21)18-1-3-20(4-2-18)27(33)30-41(38,39)24-13-14-25(26(17-24)32(36)37)29-15-16-40-23-11-9-22(10-12-23)31(34)35/h1-14,17,29H,15-16H2,(H,30,33). The van der Waals surface area contributed by atoms with Gasteiger partial charge in [-0.15, -0.1) is 11.8 Å². The Bertz CT molecular complexity index is 1700. The maximum absolute atomic E-state index is 13.2. The normalized spacial score (nSPS) is 11.0. The van der Waals surface area contributed by atoms with E-state index in [-0.39, 0.29) is 23.5 Å². The Kier molecular flexibility index (Phi) is 8.94. The number of non-ortho nitro benzene ring substituents is 1. The Hall–Kier alpha value is -4.82. The van der Waals surface area contributed by atoms with Gasteiger partial charge in [0.1, 0.15) is 11.5 Å². The number of halogens is 1. The molecule has 0 saturated carbocycles. The maximum Gasteiger partial charge on any atom is 0.293 e. The van der Waals surface area contributed by atoms with E-state index in [9.17, 15) is 37.8 Å². The van der Waals surface area contributed by atoms with Gasteiger partial charge < -0.3 is 5.32 Å². The van der Waals surface area contributed by atoms with E-state index in [1.807, 2.05) is 4.72 Å². The minimum Gasteiger partial charge on any atom is -0.379 e. The molecule has 0 atom stereocenters. The van der Waals surface area contributed by atoms with Crippen LogP contribution in [0.1, 0.15) is 10.4 Å². The number of nitro groups is 2. The molecule has 0 heterocycles. The lowest BCUT2D eigenvalue weighted by Gasteiger charge is -2.11. The zero-order chi connectivity index (χ0) is 29.6. The average molecular weight is 597 g/mol. The van der Waals surface area contributed by atoms with Gasteiger partial charge in [0, 0.05) is 41.0 Å². The lowest BCUT2D eigenvalue weighted by molar-refractivity contribution is -0.384. The quantitative estimate of drug-likeness (QED) is 0.0967. The first-order valence-electron chi connectivity index (χ1n) is 11.9. The predicted molar refractivity (Wildman–Crippen MR) is 152 cm³/mol. The molecule has 41 heavy (non-hydrogen) atoms. The number of hydrogen-bond donors (Lipinski definition) is 2. The first-order chi connectivity index (χ1) is 19.5. The van der Waals surface area contributed by atoms with Gasteiger partial charge in [-0.25, -0.2) is 17.5 Å². The number of sulfonamides is 1. The van der Waals surface area contributed by atoms with Crippen LogP contribution in [0, 0.1) is 26.0 Å². The monoisotopic (exact) mass is 596 g/mol. The summed E-state index contributed by atoms with van der Waals surface area (Å²) in [4.78, 5) is 34.1. The molecule has 0 unspecified atom stereocenters. The van der Waals surface area contributed by atoms with Crippen LogP contribution in [0.2, 0.25) is 0 Å². The van der Waals surface area contributed by atoms with Crippen molar-refractivity contribution in [1.82, 2.24) is 4.72 Å². The van der Waals surface area contributed by atoms with Gasteiger partial charge in [-0.05, 0) is 59.7 Å². The molecule has 0 aliphatic heterocycles. The molecule has 0 radical (unpaired) electrons. The summed E-state index contributed by atoms with van der Waals surface area (Å²) in [6.45, 7) is 0.277. The number of hydrogen-bond acceptors (Lipinski definition) is 9. The van der Waals surface area contributed by atoms with E-state index in [0.29, 0.717) is 16.9 Å². The minimum atomic E-state index is -4.44. The molecule has 1 amide bonds. The van der Waals surface area contributed by atoms with Gasteiger partial charge in [-0.2, -0.15) is 0 Å². The number of carbonyl (C=O) groups excluding carboxylic acids is 1. The summed E-state index contributed by atoms with van der Waals surface area (Å²) in [5.41, 5.74) is 0.989. The lowest BCUT2D eigenvalue weighted by Crippen LogP contribution is -2.30. The van der Waals surface area contributed by atoms with Crippen LogP contribution >= 0.6 is 11.8 Å². The molecule has 4 aromatic rings. The van der Waals surface area contributed by atoms with Crippen molar-refractivity contribution >= 4 is 44.8 Å². The van der Waals surface area contributed by atoms with Crippen molar-refractivity contribution in [2.45, 2.75) is 9.79 Å². The van der Waals surface area contributed by atoms with Gasteiger partial charge in [-0.3, -0.25) is 25.0 Å². The number of nitrogens with zero attached hydrogens (tertiary/aromatic N) is 2. The number of nitrogens with one attached hydrogen (secondary N) is 2. The van der Waals surface area contributed by atoms with Gasteiger partial charge in [0.05, 0.1) is 14.7 Å². The second kappa shape index (κ2) is 12.6. The van der Waals surface area contributed by atoms with Crippen LogP contribution in [0.4, 0.5) is 21.5 Å². The first kappa shape index (κ1) is 29.2. The summed E-state index contributed by atoms with van der Waals surface area (Å²) in [7, 11) is -4.44. The zero-order valence-electron chi connectivity index (χ0n) is 21.0. The SMILES string of the molecule is O=C(NS(=O)(=O)c1ccc(NCCSc2ccc([N+](=O)[O-])cc2)c([N+](=O)[O-])c1)c1ccc(-c2ccc(F)cc2)cc1. The molecule has 0 saturated heterocycles. The molecule has 0 fully saturated rings. The fourth-order valence-electron chi connectivity index (χ4n) is 3.69. The molecular formula is C27H21FN4O7S2. The number of nitro benzene ring substituents is 2. The third-order valence-corrected chi connectivity index (χ3v) is 8.10. The number of amides is 1. The summed E-state index contributed by atoms with van der Waals surface area (Å²) >= 11 is 1.37. The highest BCUT2D eigenvalue weighted by atomic mass is 32.2. The van der Waals surface area contributed by atoms with Gasteiger partial charge >= 0.3 is 0 Å². The Balaban J connectivity index is 1.40. The topological polar surface area (TPSA) is 162 Å². The number of rotatable bonds is 11. The molecular weight excluding hydrogens is 575 g/mol. The second-order valence-corrected chi connectivity index (χ2v) is 11.3. The van der Waals surface area contributed by atoms with E-state index >= 15 is 0 Å². The highest BCUT2D eigenvalue weighted by Gasteiger charge is 2.24. The predicted octanol–water partition coefficient (Wildman–Crippen LogP) is 5.63. The molecule has 0 aliphatic carbocycles. The molecule has 2 N–H and O–H groups in total. The van der Waals surface area contributed by atoms with E-state index < -0.39 is 42.2 Å². The van der Waals surface area contributed by atoms with Crippen molar-refractivity contribution in [2.75, 3.05) is 17.6 Å². The molecule has 0 bridgehead atoms. The van der Waals surface area contributed by atoms with Crippen molar-refractivity contribution in [3.05, 3.63) is 123 Å². The maximum atomic E-state index is 13.2. The molecule has 14 heteroatoms. The fraction of sp³-hybridized carbons (Fsp3) is 0.0741. The summed E-state index contributed by atoms with van der Waals surface area (Å²) in [5, 5.41) is 25.3. The Morgan fingerprint density at radius 1 is 0.829 bits per heavy atom. The molecule has 0 spiro atoms. The first-order valence-corrected chi connectivity index (χ1v) is 14.3. The molecule has 0 aliphatic rings. The number of carbonyl (C=O) groups is 1. The average Bonchev–Trinajstić information content (AvgIpc) is 2.95. The van der Waals surface area contributed by atoms with Gasteiger partial charge in [0.25, 0.3) is 27.3 Å². The third kappa shape index (κ3) is 7.43. The number of benzene rings is 4. The number of anilines is 1. The van der Waals surface area contributed by atoms with Crippen molar-refractivity contribution in [3.8, 4) is 11.1 Å². The fourth-order valence-corrected chi connectivity index (χ4v) is 5.46. The third-order valence-electron chi connectivity index (χ3n) is 5.76. The summed E-state index contributed by atoms with van der Waals surface area (Å²) in [6, 6.07) is 20.9. The van der Waals surface area contributed by atoms with Crippen LogP contribution < -0.4 is 10.0 Å². The minimum absolute atomic E-state index is 0.0332.